The first-order valence-corrected chi connectivity index (χ1v) is 7.18. The molecule has 1 aliphatic heterocycles. The highest BCUT2D eigenvalue weighted by Gasteiger charge is 2.23. The minimum atomic E-state index is 0.0559. The molecule has 0 N–H and O–H groups in total. The van der Waals surface area contributed by atoms with Gasteiger partial charge in [0.2, 0.25) is 5.88 Å². The van der Waals surface area contributed by atoms with Gasteiger partial charge in [-0.25, -0.2) is 0 Å². The SMILES string of the molecule is CCCC(C#N)N1CCN(c2cccc(OC)n2)CC1. The number of aromatic nitrogens is 1. The van der Waals surface area contributed by atoms with Gasteiger partial charge in [-0.15, -0.1) is 0 Å². The number of nitrogens with zero attached hydrogens (tertiary/aromatic N) is 4. The van der Waals surface area contributed by atoms with Crippen LogP contribution in [0, 0.1) is 11.3 Å². The smallest absolute Gasteiger partial charge is 0.214 e. The predicted molar refractivity (Wildman–Crippen MR) is 78.9 cm³/mol. The quantitative estimate of drug-likeness (QED) is 0.821. The van der Waals surface area contributed by atoms with E-state index in [9.17, 15) is 5.26 Å². The largest absolute Gasteiger partial charge is 0.481 e. The third kappa shape index (κ3) is 3.40. The molecule has 1 unspecified atom stereocenters. The second-order valence-corrected chi connectivity index (χ2v) is 4.99. The Balaban J connectivity index is 1.95. The van der Waals surface area contributed by atoms with Gasteiger partial charge in [0.25, 0.3) is 0 Å². The van der Waals surface area contributed by atoms with E-state index in [-0.39, 0.29) is 6.04 Å². The van der Waals surface area contributed by atoms with E-state index in [1.165, 1.54) is 0 Å². The van der Waals surface area contributed by atoms with Crippen molar-refractivity contribution >= 4 is 5.82 Å². The number of hydrogen-bond donors (Lipinski definition) is 0. The molecule has 0 aromatic carbocycles. The molecule has 5 heteroatoms. The van der Waals surface area contributed by atoms with E-state index in [1.807, 2.05) is 18.2 Å². The number of hydrogen-bond acceptors (Lipinski definition) is 5. The Kier molecular flexibility index (Phi) is 5.19. The lowest BCUT2D eigenvalue weighted by Gasteiger charge is -2.37. The van der Waals surface area contributed by atoms with Gasteiger partial charge in [-0.2, -0.15) is 10.2 Å². The topological polar surface area (TPSA) is 52.4 Å². The van der Waals surface area contributed by atoms with Crippen molar-refractivity contribution in [3.8, 4) is 11.9 Å². The normalized spacial score (nSPS) is 17.6. The maximum absolute atomic E-state index is 9.23. The first-order chi connectivity index (χ1) is 9.78. The number of methoxy groups -OCH3 is 1. The summed E-state index contributed by atoms with van der Waals surface area (Å²) in [6, 6.07) is 8.29. The zero-order chi connectivity index (χ0) is 14.4. The lowest BCUT2D eigenvalue weighted by atomic mass is 10.1. The Bertz CT molecular complexity index is 463. The van der Waals surface area contributed by atoms with E-state index >= 15 is 0 Å². The van der Waals surface area contributed by atoms with E-state index in [1.54, 1.807) is 7.11 Å². The van der Waals surface area contributed by atoms with Crippen LogP contribution in [0.2, 0.25) is 0 Å². The molecule has 5 nitrogen and oxygen atoms in total. The summed E-state index contributed by atoms with van der Waals surface area (Å²) in [7, 11) is 1.63. The number of pyridine rings is 1. The number of nitriles is 1. The van der Waals surface area contributed by atoms with Crippen LogP contribution in [-0.4, -0.2) is 49.2 Å². The van der Waals surface area contributed by atoms with Gasteiger partial charge in [0.05, 0.1) is 19.2 Å². The van der Waals surface area contributed by atoms with Crippen LogP contribution >= 0.6 is 0 Å². The van der Waals surface area contributed by atoms with Gasteiger partial charge in [0.15, 0.2) is 0 Å². The van der Waals surface area contributed by atoms with Crippen LogP contribution < -0.4 is 9.64 Å². The van der Waals surface area contributed by atoms with Crippen molar-refractivity contribution in [3.63, 3.8) is 0 Å². The molecule has 1 saturated heterocycles. The van der Waals surface area contributed by atoms with E-state index < -0.39 is 0 Å². The third-order valence-corrected chi connectivity index (χ3v) is 3.71. The Morgan fingerprint density at radius 1 is 1.35 bits per heavy atom. The number of anilines is 1. The molecule has 1 aliphatic rings. The van der Waals surface area contributed by atoms with Gasteiger partial charge < -0.3 is 9.64 Å². The van der Waals surface area contributed by atoms with Gasteiger partial charge in [-0.3, -0.25) is 4.90 Å². The van der Waals surface area contributed by atoms with Crippen molar-refractivity contribution in [2.75, 3.05) is 38.2 Å². The van der Waals surface area contributed by atoms with E-state index in [4.69, 9.17) is 4.74 Å². The molecule has 1 atom stereocenters. The predicted octanol–water partition coefficient (Wildman–Crippen LogP) is 1.90. The summed E-state index contributed by atoms with van der Waals surface area (Å²) in [5.74, 6) is 1.60. The van der Waals surface area contributed by atoms with Crippen molar-refractivity contribution in [1.82, 2.24) is 9.88 Å². The number of piperazine rings is 1. The van der Waals surface area contributed by atoms with Gasteiger partial charge in [-0.1, -0.05) is 19.4 Å². The lowest BCUT2D eigenvalue weighted by molar-refractivity contribution is 0.211. The zero-order valence-electron chi connectivity index (χ0n) is 12.2. The summed E-state index contributed by atoms with van der Waals surface area (Å²) in [5, 5.41) is 9.23. The van der Waals surface area contributed by atoms with Crippen molar-refractivity contribution in [2.45, 2.75) is 25.8 Å². The lowest BCUT2D eigenvalue weighted by Crippen LogP contribution is -2.50. The van der Waals surface area contributed by atoms with E-state index in [0.29, 0.717) is 5.88 Å². The molecular weight excluding hydrogens is 252 g/mol. The van der Waals surface area contributed by atoms with Crippen LogP contribution in [0.5, 0.6) is 5.88 Å². The summed E-state index contributed by atoms with van der Waals surface area (Å²) < 4.78 is 5.16. The minimum absolute atomic E-state index is 0.0559. The monoisotopic (exact) mass is 274 g/mol. The molecule has 1 aromatic heterocycles. The fraction of sp³-hybridized carbons (Fsp3) is 0.600. The maximum atomic E-state index is 9.23. The molecule has 0 amide bonds. The molecular formula is C15H22N4O. The fourth-order valence-corrected chi connectivity index (χ4v) is 2.56. The molecule has 0 saturated carbocycles. The van der Waals surface area contributed by atoms with E-state index in [0.717, 1.165) is 44.8 Å². The van der Waals surface area contributed by atoms with Crippen molar-refractivity contribution in [1.29, 1.82) is 5.26 Å². The molecule has 0 spiro atoms. The first-order valence-electron chi connectivity index (χ1n) is 7.18. The van der Waals surface area contributed by atoms with Crippen molar-refractivity contribution < 1.29 is 4.74 Å². The molecule has 20 heavy (non-hydrogen) atoms. The maximum Gasteiger partial charge on any atom is 0.214 e. The first kappa shape index (κ1) is 14.6. The number of ether oxygens (including phenoxy) is 1. The molecule has 108 valence electrons. The molecule has 0 radical (unpaired) electrons. The molecule has 0 bridgehead atoms. The van der Waals surface area contributed by atoms with Gasteiger partial charge in [0, 0.05) is 32.2 Å². The van der Waals surface area contributed by atoms with Gasteiger partial charge in [0.1, 0.15) is 5.82 Å². The molecule has 0 aliphatic carbocycles. The Labute approximate surface area is 120 Å². The Morgan fingerprint density at radius 3 is 2.70 bits per heavy atom. The third-order valence-electron chi connectivity index (χ3n) is 3.71. The van der Waals surface area contributed by atoms with Crippen LogP contribution in [0.15, 0.2) is 18.2 Å². The highest BCUT2D eigenvalue weighted by molar-refractivity contribution is 5.41. The van der Waals surface area contributed by atoms with E-state index in [2.05, 4.69) is 27.8 Å². The Morgan fingerprint density at radius 2 is 2.10 bits per heavy atom. The molecule has 2 rings (SSSR count). The summed E-state index contributed by atoms with van der Waals surface area (Å²) in [6.07, 6.45) is 2.00. The highest BCUT2D eigenvalue weighted by Crippen LogP contribution is 2.18. The van der Waals surface area contributed by atoms with Crippen LogP contribution in [-0.2, 0) is 0 Å². The summed E-state index contributed by atoms with van der Waals surface area (Å²) in [5.41, 5.74) is 0. The summed E-state index contributed by atoms with van der Waals surface area (Å²) in [4.78, 5) is 8.99. The van der Waals surface area contributed by atoms with Crippen LogP contribution in [0.25, 0.3) is 0 Å². The summed E-state index contributed by atoms with van der Waals surface area (Å²) in [6.45, 7) is 5.76. The van der Waals surface area contributed by atoms with Crippen LogP contribution in [0.3, 0.4) is 0 Å². The summed E-state index contributed by atoms with van der Waals surface area (Å²) >= 11 is 0. The van der Waals surface area contributed by atoms with Crippen LogP contribution in [0.4, 0.5) is 5.82 Å². The average Bonchev–Trinajstić information content (AvgIpc) is 2.53. The molecule has 2 heterocycles. The fourth-order valence-electron chi connectivity index (χ4n) is 2.56. The molecule has 1 aromatic rings. The molecule has 1 fully saturated rings. The van der Waals surface area contributed by atoms with Gasteiger partial charge >= 0.3 is 0 Å². The highest BCUT2D eigenvalue weighted by atomic mass is 16.5. The van der Waals surface area contributed by atoms with Crippen molar-refractivity contribution in [2.24, 2.45) is 0 Å². The van der Waals surface area contributed by atoms with Gasteiger partial charge in [-0.05, 0) is 12.5 Å². The second kappa shape index (κ2) is 7.11. The second-order valence-electron chi connectivity index (χ2n) is 4.99. The standard InChI is InChI=1S/C15H22N4O/c1-3-5-13(12-16)18-8-10-19(11-9-18)14-6-4-7-15(17-14)20-2/h4,6-7,13H,3,5,8-11H2,1-2H3. The minimum Gasteiger partial charge on any atom is -0.481 e. The average molecular weight is 274 g/mol. The Hall–Kier alpha value is -1.80. The van der Waals surface area contributed by atoms with Crippen LogP contribution in [0.1, 0.15) is 19.8 Å². The zero-order valence-corrected chi connectivity index (χ0v) is 12.2. The van der Waals surface area contributed by atoms with Crippen molar-refractivity contribution in [3.05, 3.63) is 18.2 Å². The number of rotatable bonds is 5.